The number of aromatic nitrogens is 1. The summed E-state index contributed by atoms with van der Waals surface area (Å²) in [5.74, 6) is -1.66. The maximum absolute atomic E-state index is 13.7. The number of nitrogens with one attached hydrogen (secondary N) is 1. The normalized spacial score (nSPS) is 17.4. The Hall–Kier alpha value is -4.39. The van der Waals surface area contributed by atoms with E-state index in [0.717, 1.165) is 16.5 Å². The molecular weight excluding hydrogens is 483 g/mol. The number of aliphatic hydroxyl groups is 1. The second-order valence-corrected chi connectivity index (χ2v) is 10.3. The van der Waals surface area contributed by atoms with Gasteiger partial charge in [0.2, 0.25) is 0 Å². The summed E-state index contributed by atoms with van der Waals surface area (Å²) < 4.78 is 19.6. The van der Waals surface area contributed by atoms with Crippen molar-refractivity contribution in [3.63, 3.8) is 0 Å². The number of fused-ring (bicyclic) bond motifs is 1. The van der Waals surface area contributed by atoms with Gasteiger partial charge in [-0.3, -0.25) is 14.5 Å². The number of halogens is 1. The van der Waals surface area contributed by atoms with Crippen molar-refractivity contribution in [2.24, 2.45) is 0 Å². The first-order valence-corrected chi connectivity index (χ1v) is 12.5. The molecule has 2 N–H and O–H groups in total. The van der Waals surface area contributed by atoms with E-state index < -0.39 is 23.5 Å². The first-order valence-electron chi connectivity index (χ1n) is 12.5. The number of amides is 1. The summed E-state index contributed by atoms with van der Waals surface area (Å²) in [7, 11) is 0. The number of carbonyl (C=O) groups excluding carboxylic acids is 2. The summed E-state index contributed by atoms with van der Waals surface area (Å²) in [4.78, 5) is 31.5. The molecule has 38 heavy (non-hydrogen) atoms. The second-order valence-electron chi connectivity index (χ2n) is 10.3. The molecule has 1 unspecified atom stereocenters. The van der Waals surface area contributed by atoms with Crippen molar-refractivity contribution >= 4 is 34.0 Å². The van der Waals surface area contributed by atoms with E-state index in [-0.39, 0.29) is 16.7 Å². The summed E-state index contributed by atoms with van der Waals surface area (Å²) in [6.45, 7) is 8.49. The third kappa shape index (κ3) is 4.24. The molecule has 0 aliphatic carbocycles. The number of rotatable bonds is 5. The predicted octanol–water partition coefficient (Wildman–Crippen LogP) is 6.63. The van der Waals surface area contributed by atoms with Crippen molar-refractivity contribution in [1.29, 1.82) is 0 Å². The fourth-order valence-corrected chi connectivity index (χ4v) is 5.02. The Bertz CT molecular complexity index is 1580. The van der Waals surface area contributed by atoms with Crippen LogP contribution in [0.5, 0.6) is 5.75 Å². The number of hydrogen-bond acceptors (Lipinski definition) is 4. The average Bonchev–Trinajstić information content (AvgIpc) is 3.42. The van der Waals surface area contributed by atoms with Crippen molar-refractivity contribution in [1.82, 2.24) is 4.98 Å². The molecule has 1 fully saturated rings. The molecule has 1 atom stereocenters. The highest BCUT2D eigenvalue weighted by molar-refractivity contribution is 6.51. The quantitative estimate of drug-likeness (QED) is 0.179. The van der Waals surface area contributed by atoms with Crippen LogP contribution in [-0.2, 0) is 15.0 Å². The van der Waals surface area contributed by atoms with Crippen molar-refractivity contribution in [3.05, 3.63) is 101 Å². The number of benzene rings is 3. The number of para-hydroxylation sites is 1. The van der Waals surface area contributed by atoms with Gasteiger partial charge in [0, 0.05) is 39.5 Å². The van der Waals surface area contributed by atoms with Crippen LogP contribution in [-0.4, -0.2) is 28.4 Å². The summed E-state index contributed by atoms with van der Waals surface area (Å²) >= 11 is 0. The van der Waals surface area contributed by atoms with Gasteiger partial charge in [-0.25, -0.2) is 4.39 Å². The highest BCUT2D eigenvalue weighted by atomic mass is 19.1. The van der Waals surface area contributed by atoms with Gasteiger partial charge in [-0.05, 0) is 60.9 Å². The Kier molecular flexibility index (Phi) is 6.31. The maximum atomic E-state index is 13.7. The highest BCUT2D eigenvalue weighted by Gasteiger charge is 2.47. The number of nitrogens with zero attached hydrogens (tertiary/aromatic N) is 1. The van der Waals surface area contributed by atoms with Gasteiger partial charge in [0.15, 0.2) is 0 Å². The standard InChI is InChI=1S/C31H29FN2O4/c1-5-38-25-15-10-18(16-23(25)31(2,3)4)28(35)26-27(22-17-33-24-9-7-6-8-21(22)24)34(30(37)29(26)36)20-13-11-19(32)12-14-20/h6-17,27,33,35H,5H2,1-4H3/b28-26+. The third-order valence-corrected chi connectivity index (χ3v) is 6.83. The van der Waals surface area contributed by atoms with Crippen LogP contribution in [0.25, 0.3) is 16.7 Å². The molecule has 7 heteroatoms. The molecule has 1 aromatic heterocycles. The molecule has 3 aromatic carbocycles. The fourth-order valence-electron chi connectivity index (χ4n) is 5.02. The number of carbonyl (C=O) groups is 2. The Morgan fingerprint density at radius 2 is 1.76 bits per heavy atom. The van der Waals surface area contributed by atoms with Gasteiger partial charge in [-0.1, -0.05) is 39.0 Å². The van der Waals surface area contributed by atoms with E-state index in [4.69, 9.17) is 4.74 Å². The molecule has 1 amide bonds. The molecule has 4 aromatic rings. The van der Waals surface area contributed by atoms with Crippen LogP contribution in [0.4, 0.5) is 10.1 Å². The van der Waals surface area contributed by atoms with Gasteiger partial charge in [0.25, 0.3) is 11.7 Å². The lowest BCUT2D eigenvalue weighted by Crippen LogP contribution is -2.29. The van der Waals surface area contributed by atoms with E-state index in [1.54, 1.807) is 24.4 Å². The number of Topliss-reactive ketones (excluding diaryl/α,β-unsaturated/α-hetero) is 1. The number of ether oxygens (including phenoxy) is 1. The minimum atomic E-state index is -0.929. The zero-order valence-corrected chi connectivity index (χ0v) is 21.7. The summed E-state index contributed by atoms with van der Waals surface area (Å²) in [5, 5.41) is 12.4. The maximum Gasteiger partial charge on any atom is 0.300 e. The topological polar surface area (TPSA) is 82.6 Å². The lowest BCUT2D eigenvalue weighted by Gasteiger charge is -2.26. The number of H-pyrrole nitrogens is 1. The van der Waals surface area contributed by atoms with Crippen molar-refractivity contribution in [3.8, 4) is 5.75 Å². The largest absolute Gasteiger partial charge is 0.507 e. The molecule has 0 saturated carbocycles. The van der Waals surface area contributed by atoms with E-state index in [9.17, 15) is 19.1 Å². The van der Waals surface area contributed by atoms with Crippen LogP contribution < -0.4 is 9.64 Å². The summed E-state index contributed by atoms with van der Waals surface area (Å²) in [5.41, 5.74) is 2.74. The molecule has 6 nitrogen and oxygen atoms in total. The van der Waals surface area contributed by atoms with E-state index in [1.165, 1.54) is 29.2 Å². The van der Waals surface area contributed by atoms with E-state index in [0.29, 0.717) is 29.2 Å². The van der Waals surface area contributed by atoms with E-state index in [2.05, 4.69) is 4.98 Å². The number of hydrogen-bond donors (Lipinski definition) is 2. The van der Waals surface area contributed by atoms with Crippen LogP contribution >= 0.6 is 0 Å². The van der Waals surface area contributed by atoms with Crippen molar-refractivity contribution in [2.75, 3.05) is 11.5 Å². The van der Waals surface area contributed by atoms with Crippen molar-refractivity contribution in [2.45, 2.75) is 39.2 Å². The van der Waals surface area contributed by atoms with Crippen LogP contribution in [0.15, 0.2) is 78.5 Å². The number of ketones is 1. The lowest BCUT2D eigenvalue weighted by atomic mass is 9.84. The second kappa shape index (κ2) is 9.49. The first-order chi connectivity index (χ1) is 18.1. The average molecular weight is 513 g/mol. The molecule has 1 saturated heterocycles. The zero-order chi connectivity index (χ0) is 27.2. The number of anilines is 1. The Morgan fingerprint density at radius 1 is 1.05 bits per heavy atom. The Morgan fingerprint density at radius 3 is 2.45 bits per heavy atom. The minimum Gasteiger partial charge on any atom is -0.507 e. The van der Waals surface area contributed by atoms with E-state index >= 15 is 0 Å². The molecular formula is C31H29FN2O4. The Labute approximate surface area is 220 Å². The Balaban J connectivity index is 1.76. The monoisotopic (exact) mass is 512 g/mol. The van der Waals surface area contributed by atoms with Gasteiger partial charge >= 0.3 is 0 Å². The number of aromatic amines is 1. The number of aliphatic hydroxyl groups excluding tert-OH is 1. The van der Waals surface area contributed by atoms with Gasteiger partial charge in [0.1, 0.15) is 17.3 Å². The molecule has 0 spiro atoms. The first kappa shape index (κ1) is 25.3. The molecule has 2 heterocycles. The molecule has 1 aliphatic heterocycles. The van der Waals surface area contributed by atoms with Crippen LogP contribution in [0.3, 0.4) is 0 Å². The van der Waals surface area contributed by atoms with Crippen LogP contribution in [0.2, 0.25) is 0 Å². The lowest BCUT2D eigenvalue weighted by molar-refractivity contribution is -0.132. The van der Waals surface area contributed by atoms with Crippen LogP contribution in [0.1, 0.15) is 50.4 Å². The van der Waals surface area contributed by atoms with Crippen LogP contribution in [0, 0.1) is 5.82 Å². The van der Waals surface area contributed by atoms with Gasteiger partial charge in [0.05, 0.1) is 18.2 Å². The third-order valence-electron chi connectivity index (χ3n) is 6.83. The smallest absolute Gasteiger partial charge is 0.300 e. The SMILES string of the molecule is CCOc1ccc(/C(O)=C2\C(=O)C(=O)N(c3ccc(F)cc3)C2c2c[nH]c3ccccc23)cc1C(C)(C)C. The molecule has 0 radical (unpaired) electrons. The summed E-state index contributed by atoms with van der Waals surface area (Å²) in [6, 6.07) is 17.3. The molecule has 1 aliphatic rings. The van der Waals surface area contributed by atoms with Gasteiger partial charge in [-0.2, -0.15) is 0 Å². The molecule has 5 rings (SSSR count). The summed E-state index contributed by atoms with van der Waals surface area (Å²) in [6.07, 6.45) is 1.74. The highest BCUT2D eigenvalue weighted by Crippen LogP contribution is 2.45. The van der Waals surface area contributed by atoms with E-state index in [1.807, 2.05) is 52.0 Å². The molecule has 0 bridgehead atoms. The fraction of sp³-hybridized carbons (Fsp3) is 0.226. The molecule has 194 valence electrons. The van der Waals surface area contributed by atoms with Gasteiger partial charge < -0.3 is 14.8 Å². The minimum absolute atomic E-state index is 0.0342. The van der Waals surface area contributed by atoms with Gasteiger partial charge in [-0.15, -0.1) is 0 Å². The predicted molar refractivity (Wildman–Crippen MR) is 146 cm³/mol. The zero-order valence-electron chi connectivity index (χ0n) is 21.7. The van der Waals surface area contributed by atoms with Crippen molar-refractivity contribution < 1.29 is 23.8 Å².